The topological polar surface area (TPSA) is 99.5 Å². The van der Waals surface area contributed by atoms with Gasteiger partial charge in [0.15, 0.2) is 0 Å². The van der Waals surface area contributed by atoms with Crippen molar-refractivity contribution >= 4 is 15.9 Å². The van der Waals surface area contributed by atoms with Gasteiger partial charge in [0.25, 0.3) is 0 Å². The molecular weight excluding hydrogens is 342 g/mol. The largest absolute Gasteiger partial charge is 0.383 e. The maximum absolute atomic E-state index is 13.0. The molecule has 1 amide bonds. The van der Waals surface area contributed by atoms with Gasteiger partial charge in [-0.3, -0.25) is 4.79 Å². The molecule has 8 heteroatoms. The molecule has 1 N–H and O–H groups in total. The minimum absolute atomic E-state index is 0.00945. The summed E-state index contributed by atoms with van der Waals surface area (Å²) >= 11 is 0. The first-order valence-corrected chi connectivity index (χ1v) is 9.63. The Morgan fingerprint density at radius 3 is 2.80 bits per heavy atom. The predicted molar refractivity (Wildman–Crippen MR) is 92.1 cm³/mol. The van der Waals surface area contributed by atoms with Crippen molar-refractivity contribution in [3.05, 3.63) is 29.8 Å². The molecule has 0 spiro atoms. The van der Waals surface area contributed by atoms with Crippen LogP contribution in [0.2, 0.25) is 0 Å². The Kier molecular flexibility index (Phi) is 6.53. The summed E-state index contributed by atoms with van der Waals surface area (Å²) in [6.07, 6.45) is 1.22. The van der Waals surface area contributed by atoms with Gasteiger partial charge in [-0.2, -0.15) is 9.57 Å². The lowest BCUT2D eigenvalue weighted by atomic mass is 9.95. The smallest absolute Gasteiger partial charge is 0.244 e. The molecule has 0 bridgehead atoms. The Balaban J connectivity index is 2.21. The highest BCUT2D eigenvalue weighted by Gasteiger charge is 2.38. The Bertz CT molecular complexity index is 757. The summed E-state index contributed by atoms with van der Waals surface area (Å²) in [5, 5.41) is 12.0. The molecule has 2 atom stereocenters. The summed E-state index contributed by atoms with van der Waals surface area (Å²) in [6, 6.07) is 7.84. The van der Waals surface area contributed by atoms with Crippen LogP contribution in [0, 0.1) is 17.2 Å². The van der Waals surface area contributed by atoms with E-state index in [1.165, 1.54) is 16.4 Å². The van der Waals surface area contributed by atoms with E-state index >= 15 is 0 Å². The van der Waals surface area contributed by atoms with Gasteiger partial charge in [-0.15, -0.1) is 0 Å². The second kappa shape index (κ2) is 8.43. The van der Waals surface area contributed by atoms with Crippen LogP contribution in [0.3, 0.4) is 0 Å². The van der Waals surface area contributed by atoms with Gasteiger partial charge in [-0.1, -0.05) is 12.1 Å². The SMILES string of the molecule is COCCNC(=O)C1CCC(C)N(S(=O)(=O)c2ccccc2C#N)C1. The van der Waals surface area contributed by atoms with Gasteiger partial charge in [0.1, 0.15) is 6.07 Å². The van der Waals surface area contributed by atoms with Crippen LogP contribution in [0.25, 0.3) is 0 Å². The second-order valence-corrected chi connectivity index (χ2v) is 7.95. The molecule has 136 valence electrons. The van der Waals surface area contributed by atoms with Crippen molar-refractivity contribution in [3.63, 3.8) is 0 Å². The van der Waals surface area contributed by atoms with Crippen LogP contribution >= 0.6 is 0 Å². The number of amides is 1. The van der Waals surface area contributed by atoms with Gasteiger partial charge in [0.05, 0.1) is 23.0 Å². The van der Waals surface area contributed by atoms with E-state index in [0.717, 1.165) is 0 Å². The highest BCUT2D eigenvalue weighted by molar-refractivity contribution is 7.89. The van der Waals surface area contributed by atoms with Crippen LogP contribution in [0.15, 0.2) is 29.2 Å². The zero-order chi connectivity index (χ0) is 18.4. The van der Waals surface area contributed by atoms with E-state index in [-0.39, 0.29) is 29.0 Å². The number of rotatable bonds is 6. The van der Waals surface area contributed by atoms with Crippen LogP contribution in [0.4, 0.5) is 0 Å². The van der Waals surface area contributed by atoms with Gasteiger partial charge < -0.3 is 10.1 Å². The summed E-state index contributed by atoms with van der Waals surface area (Å²) in [5.41, 5.74) is 0.112. The summed E-state index contributed by atoms with van der Waals surface area (Å²) in [7, 11) is -2.29. The van der Waals surface area contributed by atoms with E-state index in [1.807, 2.05) is 13.0 Å². The minimum atomic E-state index is -3.84. The maximum atomic E-state index is 13.0. The van der Waals surface area contributed by atoms with E-state index in [9.17, 15) is 18.5 Å². The van der Waals surface area contributed by atoms with Crippen LogP contribution < -0.4 is 5.32 Å². The van der Waals surface area contributed by atoms with Gasteiger partial charge in [0.2, 0.25) is 15.9 Å². The highest BCUT2D eigenvalue weighted by atomic mass is 32.2. The maximum Gasteiger partial charge on any atom is 0.244 e. The summed E-state index contributed by atoms with van der Waals surface area (Å²) in [6.45, 7) is 2.74. The van der Waals surface area contributed by atoms with Crippen LogP contribution in [0.5, 0.6) is 0 Å². The molecule has 1 fully saturated rings. The first-order chi connectivity index (χ1) is 11.9. The molecule has 1 aromatic carbocycles. The first-order valence-electron chi connectivity index (χ1n) is 8.19. The number of nitrogens with one attached hydrogen (secondary N) is 1. The molecule has 25 heavy (non-hydrogen) atoms. The molecule has 0 aliphatic carbocycles. The van der Waals surface area contributed by atoms with Gasteiger partial charge >= 0.3 is 0 Å². The number of hydrogen-bond acceptors (Lipinski definition) is 5. The molecule has 1 saturated heterocycles. The fourth-order valence-corrected chi connectivity index (χ4v) is 4.80. The number of benzene rings is 1. The minimum Gasteiger partial charge on any atom is -0.383 e. The third-order valence-electron chi connectivity index (χ3n) is 4.40. The molecule has 1 aliphatic heterocycles. The molecule has 2 unspecified atom stereocenters. The first kappa shape index (κ1) is 19.4. The zero-order valence-corrected chi connectivity index (χ0v) is 15.3. The van der Waals surface area contributed by atoms with Crippen LogP contribution in [-0.4, -0.2) is 51.5 Å². The van der Waals surface area contributed by atoms with E-state index in [2.05, 4.69) is 5.32 Å². The Hall–Kier alpha value is -1.95. The highest BCUT2D eigenvalue weighted by Crippen LogP contribution is 2.29. The van der Waals surface area contributed by atoms with Crippen molar-refractivity contribution in [2.45, 2.75) is 30.7 Å². The standard InChI is InChI=1S/C17H23N3O4S/c1-13-7-8-15(17(21)19-9-10-24-2)12-20(13)25(22,23)16-6-4-3-5-14(16)11-18/h3-6,13,15H,7-10,12H2,1-2H3,(H,19,21). The van der Waals surface area contributed by atoms with Gasteiger partial charge in [-0.25, -0.2) is 8.42 Å². The van der Waals surface area contributed by atoms with Crippen molar-refractivity contribution in [2.75, 3.05) is 26.8 Å². The van der Waals surface area contributed by atoms with Crippen molar-refractivity contribution in [1.29, 1.82) is 5.26 Å². The molecule has 0 aromatic heterocycles. The molecule has 0 saturated carbocycles. The third-order valence-corrected chi connectivity index (χ3v) is 6.43. The molecule has 1 heterocycles. The second-order valence-electron chi connectivity index (χ2n) is 6.09. The third kappa shape index (κ3) is 4.37. The molecule has 7 nitrogen and oxygen atoms in total. The number of ether oxygens (including phenoxy) is 1. The van der Waals surface area contributed by atoms with Crippen molar-refractivity contribution < 1.29 is 17.9 Å². The zero-order valence-electron chi connectivity index (χ0n) is 14.4. The molecule has 0 radical (unpaired) electrons. The lowest BCUT2D eigenvalue weighted by molar-refractivity contribution is -0.126. The number of carbonyl (C=O) groups excluding carboxylic acids is 1. The number of carbonyl (C=O) groups is 1. The fourth-order valence-electron chi connectivity index (χ4n) is 2.95. The number of nitrogens with zero attached hydrogens (tertiary/aromatic N) is 2. The van der Waals surface area contributed by atoms with E-state index in [0.29, 0.717) is 26.0 Å². The average molecular weight is 365 g/mol. The number of sulfonamides is 1. The summed E-state index contributed by atoms with van der Waals surface area (Å²) in [4.78, 5) is 12.3. The number of nitriles is 1. The predicted octanol–water partition coefficient (Wildman–Crippen LogP) is 1.11. The van der Waals surface area contributed by atoms with E-state index < -0.39 is 15.9 Å². The molecular formula is C17H23N3O4S. The number of hydrogen-bond donors (Lipinski definition) is 1. The van der Waals surface area contributed by atoms with Gasteiger partial charge in [0, 0.05) is 26.2 Å². The Morgan fingerprint density at radius 2 is 2.12 bits per heavy atom. The van der Waals surface area contributed by atoms with Crippen molar-refractivity contribution in [2.24, 2.45) is 5.92 Å². The monoisotopic (exact) mass is 365 g/mol. The Labute approximate surface area is 148 Å². The van der Waals surface area contributed by atoms with Gasteiger partial charge in [-0.05, 0) is 31.9 Å². The van der Waals surface area contributed by atoms with Crippen molar-refractivity contribution in [1.82, 2.24) is 9.62 Å². The molecule has 2 rings (SSSR count). The van der Waals surface area contributed by atoms with E-state index in [4.69, 9.17) is 4.74 Å². The number of piperidine rings is 1. The fraction of sp³-hybridized carbons (Fsp3) is 0.529. The number of methoxy groups -OCH3 is 1. The normalized spacial score (nSPS) is 21.5. The Morgan fingerprint density at radius 1 is 1.40 bits per heavy atom. The summed E-state index contributed by atoms with van der Waals surface area (Å²) < 4.78 is 32.3. The quantitative estimate of drug-likeness (QED) is 0.761. The lowest BCUT2D eigenvalue weighted by Gasteiger charge is -2.36. The lowest BCUT2D eigenvalue weighted by Crippen LogP contribution is -2.49. The van der Waals surface area contributed by atoms with Crippen LogP contribution in [-0.2, 0) is 19.6 Å². The van der Waals surface area contributed by atoms with Crippen molar-refractivity contribution in [3.8, 4) is 6.07 Å². The van der Waals surface area contributed by atoms with E-state index in [1.54, 1.807) is 19.2 Å². The summed E-state index contributed by atoms with van der Waals surface area (Å²) in [5.74, 6) is -0.574. The van der Waals surface area contributed by atoms with Crippen LogP contribution in [0.1, 0.15) is 25.3 Å². The molecule has 1 aliphatic rings. The molecule has 1 aromatic rings. The average Bonchev–Trinajstić information content (AvgIpc) is 2.62.